The van der Waals surface area contributed by atoms with Gasteiger partial charge in [-0.1, -0.05) is 0 Å². The summed E-state index contributed by atoms with van der Waals surface area (Å²) in [6.07, 6.45) is 0. The number of methoxy groups -OCH3 is 1. The van der Waals surface area contributed by atoms with E-state index in [1.807, 2.05) is 0 Å². The topological polar surface area (TPSA) is 67.0 Å². The standard InChI is InChI=1S/C17H10F5N3O2/c1-27-8-4-2-7(3-5-8)9-6-10(25-24-9)17(26)23-16-14(21)12(19)11(18)13(20)15(16)22/h2-6H,1H3,(H,23,26)(H,24,25). The van der Waals surface area contributed by atoms with Gasteiger partial charge in [0, 0.05) is 5.56 Å². The van der Waals surface area contributed by atoms with E-state index in [0.717, 1.165) is 0 Å². The van der Waals surface area contributed by atoms with Crippen molar-refractivity contribution in [2.24, 2.45) is 0 Å². The fourth-order valence-electron chi connectivity index (χ4n) is 2.24. The molecule has 0 radical (unpaired) electrons. The van der Waals surface area contributed by atoms with Crippen molar-refractivity contribution >= 4 is 11.6 Å². The highest BCUT2D eigenvalue weighted by Gasteiger charge is 2.27. The number of nitrogens with zero attached hydrogens (tertiary/aromatic N) is 1. The Morgan fingerprint density at radius 3 is 2.07 bits per heavy atom. The largest absolute Gasteiger partial charge is 0.497 e. The van der Waals surface area contributed by atoms with Crippen molar-refractivity contribution in [2.75, 3.05) is 12.4 Å². The molecule has 10 heteroatoms. The monoisotopic (exact) mass is 383 g/mol. The van der Waals surface area contributed by atoms with Crippen molar-refractivity contribution in [2.45, 2.75) is 0 Å². The molecule has 1 aromatic heterocycles. The molecule has 3 aromatic rings. The van der Waals surface area contributed by atoms with Crippen LogP contribution in [-0.2, 0) is 0 Å². The number of aromatic nitrogens is 2. The van der Waals surface area contributed by atoms with Gasteiger partial charge in [-0.15, -0.1) is 0 Å². The smallest absolute Gasteiger partial charge is 0.273 e. The molecule has 0 bridgehead atoms. The first kappa shape index (κ1) is 18.4. The van der Waals surface area contributed by atoms with Gasteiger partial charge in [0.25, 0.3) is 5.91 Å². The number of amides is 1. The first-order valence-corrected chi connectivity index (χ1v) is 7.36. The molecule has 0 aliphatic rings. The molecule has 140 valence electrons. The van der Waals surface area contributed by atoms with E-state index in [0.29, 0.717) is 17.0 Å². The van der Waals surface area contributed by atoms with Crippen LogP contribution < -0.4 is 10.1 Å². The normalized spacial score (nSPS) is 10.7. The van der Waals surface area contributed by atoms with Crippen LogP contribution >= 0.6 is 0 Å². The molecule has 0 fully saturated rings. The van der Waals surface area contributed by atoms with E-state index in [1.165, 1.54) is 13.2 Å². The van der Waals surface area contributed by atoms with Crippen molar-refractivity contribution in [1.82, 2.24) is 10.2 Å². The highest BCUT2D eigenvalue weighted by Crippen LogP contribution is 2.28. The third-order valence-electron chi connectivity index (χ3n) is 3.66. The van der Waals surface area contributed by atoms with Crippen LogP contribution in [0.25, 0.3) is 11.3 Å². The van der Waals surface area contributed by atoms with Gasteiger partial charge in [0.05, 0.1) is 12.8 Å². The highest BCUT2D eigenvalue weighted by molar-refractivity contribution is 6.03. The minimum absolute atomic E-state index is 0.246. The average molecular weight is 383 g/mol. The number of halogens is 5. The van der Waals surface area contributed by atoms with Crippen molar-refractivity contribution in [3.8, 4) is 17.0 Å². The fraction of sp³-hybridized carbons (Fsp3) is 0.0588. The lowest BCUT2D eigenvalue weighted by molar-refractivity contribution is 0.102. The van der Waals surface area contributed by atoms with E-state index in [-0.39, 0.29) is 5.69 Å². The SMILES string of the molecule is COc1ccc(-c2cc(C(=O)Nc3c(F)c(F)c(F)c(F)c3F)[nH]n2)cc1. The van der Waals surface area contributed by atoms with Crippen molar-refractivity contribution in [1.29, 1.82) is 0 Å². The van der Waals surface area contributed by atoms with Crippen LogP contribution in [0.3, 0.4) is 0 Å². The summed E-state index contributed by atoms with van der Waals surface area (Å²) in [6.45, 7) is 0. The number of rotatable bonds is 4. The molecule has 27 heavy (non-hydrogen) atoms. The van der Waals surface area contributed by atoms with E-state index in [9.17, 15) is 26.7 Å². The van der Waals surface area contributed by atoms with E-state index >= 15 is 0 Å². The number of hydrogen-bond acceptors (Lipinski definition) is 3. The van der Waals surface area contributed by atoms with Gasteiger partial charge < -0.3 is 10.1 Å². The number of H-pyrrole nitrogens is 1. The Morgan fingerprint density at radius 2 is 1.52 bits per heavy atom. The number of anilines is 1. The number of carbonyl (C=O) groups excluding carboxylic acids is 1. The summed E-state index contributed by atoms with van der Waals surface area (Å²) >= 11 is 0. The Balaban J connectivity index is 1.87. The molecular weight excluding hydrogens is 373 g/mol. The number of nitrogens with one attached hydrogen (secondary N) is 2. The molecule has 0 saturated carbocycles. The van der Waals surface area contributed by atoms with Crippen molar-refractivity contribution in [3.63, 3.8) is 0 Å². The quantitative estimate of drug-likeness (QED) is 0.406. The molecule has 5 nitrogen and oxygen atoms in total. The highest BCUT2D eigenvalue weighted by atomic mass is 19.2. The maximum Gasteiger partial charge on any atom is 0.273 e. The minimum atomic E-state index is -2.31. The molecular formula is C17H10F5N3O2. The number of hydrogen-bond donors (Lipinski definition) is 2. The molecule has 3 rings (SSSR count). The zero-order valence-electron chi connectivity index (χ0n) is 13.5. The van der Waals surface area contributed by atoms with Gasteiger partial charge in [0.15, 0.2) is 23.3 Å². The molecule has 0 aliphatic heterocycles. The molecule has 0 spiro atoms. The first-order chi connectivity index (χ1) is 12.8. The number of ether oxygens (including phenoxy) is 1. The van der Waals surface area contributed by atoms with Crippen LogP contribution in [0.1, 0.15) is 10.5 Å². The van der Waals surface area contributed by atoms with Crippen LogP contribution in [0.2, 0.25) is 0 Å². The predicted molar refractivity (Wildman–Crippen MR) is 84.8 cm³/mol. The second kappa shape index (κ2) is 7.06. The Morgan fingerprint density at radius 1 is 0.963 bits per heavy atom. The van der Waals surface area contributed by atoms with Crippen molar-refractivity contribution < 1.29 is 31.5 Å². The van der Waals surface area contributed by atoms with Crippen LogP contribution in [0.4, 0.5) is 27.6 Å². The molecule has 1 amide bonds. The summed E-state index contributed by atoms with van der Waals surface area (Å²) in [7, 11) is 1.49. The molecule has 0 aliphatic carbocycles. The fourth-order valence-corrected chi connectivity index (χ4v) is 2.24. The lowest BCUT2D eigenvalue weighted by Gasteiger charge is -2.08. The first-order valence-electron chi connectivity index (χ1n) is 7.36. The van der Waals surface area contributed by atoms with Crippen LogP contribution in [0, 0.1) is 29.1 Å². The number of benzene rings is 2. The van der Waals surface area contributed by atoms with Gasteiger partial charge in [-0.2, -0.15) is 5.10 Å². The maximum absolute atomic E-state index is 13.6. The average Bonchev–Trinajstić information content (AvgIpc) is 3.18. The molecule has 1 heterocycles. The molecule has 0 saturated heterocycles. The van der Waals surface area contributed by atoms with Gasteiger partial charge in [0.2, 0.25) is 5.82 Å². The zero-order valence-corrected chi connectivity index (χ0v) is 13.5. The molecule has 2 N–H and O–H groups in total. The van der Waals surface area contributed by atoms with Gasteiger partial charge in [-0.25, -0.2) is 22.0 Å². The third kappa shape index (κ3) is 3.33. The summed E-state index contributed by atoms with van der Waals surface area (Å²) in [5, 5.41) is 7.87. The van der Waals surface area contributed by atoms with Crippen molar-refractivity contribution in [3.05, 3.63) is 65.1 Å². The van der Waals surface area contributed by atoms with E-state index in [1.54, 1.807) is 29.6 Å². The summed E-state index contributed by atoms with van der Waals surface area (Å²) in [5.41, 5.74) is -0.774. The van der Waals surface area contributed by atoms with Gasteiger partial charge in [0.1, 0.15) is 17.1 Å². The zero-order chi connectivity index (χ0) is 19.7. The van der Waals surface area contributed by atoms with Gasteiger partial charge >= 0.3 is 0 Å². The van der Waals surface area contributed by atoms with Crippen LogP contribution in [0.5, 0.6) is 5.75 Å². The summed E-state index contributed by atoms with van der Waals surface area (Å²) in [6, 6.07) is 7.86. The maximum atomic E-state index is 13.6. The molecule has 0 unspecified atom stereocenters. The predicted octanol–water partition coefficient (Wildman–Crippen LogP) is 4.03. The third-order valence-corrected chi connectivity index (χ3v) is 3.66. The van der Waals surface area contributed by atoms with Crippen LogP contribution in [-0.4, -0.2) is 23.2 Å². The lowest BCUT2D eigenvalue weighted by Crippen LogP contribution is -2.17. The Hall–Kier alpha value is -3.43. The minimum Gasteiger partial charge on any atom is -0.497 e. The lowest BCUT2D eigenvalue weighted by atomic mass is 10.1. The van der Waals surface area contributed by atoms with E-state index in [2.05, 4.69) is 10.2 Å². The second-order valence-electron chi connectivity index (χ2n) is 5.29. The summed E-state index contributed by atoms with van der Waals surface area (Å²) in [5.74, 6) is -11.5. The number of aromatic amines is 1. The summed E-state index contributed by atoms with van der Waals surface area (Å²) in [4.78, 5) is 12.1. The van der Waals surface area contributed by atoms with Gasteiger partial charge in [-0.3, -0.25) is 9.89 Å². The second-order valence-corrected chi connectivity index (χ2v) is 5.29. The summed E-state index contributed by atoms with van der Waals surface area (Å²) < 4.78 is 71.7. The van der Waals surface area contributed by atoms with Gasteiger partial charge in [-0.05, 0) is 30.3 Å². The number of carbonyl (C=O) groups is 1. The molecule has 2 aromatic carbocycles. The Kier molecular flexibility index (Phi) is 4.80. The van der Waals surface area contributed by atoms with E-state index < -0.39 is 40.7 Å². The molecule has 0 atom stereocenters. The van der Waals surface area contributed by atoms with E-state index in [4.69, 9.17) is 4.74 Å². The van der Waals surface area contributed by atoms with Crippen LogP contribution in [0.15, 0.2) is 30.3 Å². The Labute approximate surface area is 148 Å². The Bertz CT molecular complexity index is 989.